The molecule has 2 rings (SSSR count). The van der Waals surface area contributed by atoms with E-state index < -0.39 is 13.9 Å². The van der Waals surface area contributed by atoms with Crippen LogP contribution in [0.15, 0.2) is 0 Å². The van der Waals surface area contributed by atoms with E-state index in [1.165, 1.54) is 0 Å². The average molecular weight is 331 g/mol. The van der Waals surface area contributed by atoms with Gasteiger partial charge in [-0.25, -0.2) is 9.36 Å². The first kappa shape index (κ1) is 17.3. The van der Waals surface area contributed by atoms with Crippen molar-refractivity contribution < 1.29 is 28.0 Å². The second-order valence-corrected chi connectivity index (χ2v) is 6.99. The number of amides is 1. The van der Waals surface area contributed by atoms with Gasteiger partial charge in [0.15, 0.2) is 0 Å². The Hall–Kier alpha value is -1.06. The molecule has 0 aromatic heterocycles. The van der Waals surface area contributed by atoms with Gasteiger partial charge >= 0.3 is 13.9 Å². The highest BCUT2D eigenvalue weighted by Gasteiger charge is 2.49. The summed E-state index contributed by atoms with van der Waals surface area (Å²) in [7, 11) is -2.91. The van der Waals surface area contributed by atoms with Crippen LogP contribution in [0.3, 0.4) is 0 Å². The summed E-state index contributed by atoms with van der Waals surface area (Å²) < 4.78 is 25.0. The van der Waals surface area contributed by atoms with Crippen molar-refractivity contribution in [2.75, 3.05) is 26.9 Å². The minimum absolute atomic E-state index is 0.0815. The van der Waals surface area contributed by atoms with Crippen molar-refractivity contribution >= 4 is 13.9 Å². The molecule has 2 N–H and O–H groups in total. The van der Waals surface area contributed by atoms with E-state index in [1.807, 2.05) is 0 Å². The molecule has 0 spiro atoms. The molecule has 1 amide bonds. The second kappa shape index (κ2) is 7.98. The number of phosphoric acid groups is 1. The number of hydrogen-bond acceptors (Lipinski definition) is 5. The van der Waals surface area contributed by atoms with Gasteiger partial charge in [0, 0.05) is 26.5 Å². The number of carbonyl (C=O) groups is 1. The maximum atomic E-state index is 11.5. The zero-order valence-electron chi connectivity index (χ0n) is 12.6. The molecule has 8 heteroatoms. The number of fused-ring (bicyclic) bond motifs is 1. The Morgan fingerprint density at radius 1 is 1.32 bits per heavy atom. The molecular formula is C14H22NO6P. The molecule has 2 unspecified atom stereocenters. The average Bonchev–Trinajstić information content (AvgIpc) is 3.11. The van der Waals surface area contributed by atoms with Crippen molar-refractivity contribution in [2.45, 2.75) is 25.7 Å². The van der Waals surface area contributed by atoms with Crippen LogP contribution in [0.5, 0.6) is 0 Å². The lowest BCUT2D eigenvalue weighted by atomic mass is 10.1. The Balaban J connectivity index is 1.56. The molecule has 1 fully saturated rings. The van der Waals surface area contributed by atoms with Crippen molar-refractivity contribution in [3.8, 4) is 11.8 Å². The van der Waals surface area contributed by atoms with E-state index in [-0.39, 0.29) is 13.2 Å². The number of alkyl carbamates (subject to hydrolysis) is 1. The van der Waals surface area contributed by atoms with E-state index in [9.17, 15) is 9.36 Å². The van der Waals surface area contributed by atoms with Crippen LogP contribution in [-0.4, -0.2) is 37.9 Å². The standard InChI is InChI=1S/C14H22NO6P/c1-19-22(17,18)21-9-8-15-14(16)20-10-13-11-6-4-2-3-5-7-12(11)13/h11-13H,4-10H2,1H3,(H,15,16)(H,17,18)/t11-,12+,13?. The van der Waals surface area contributed by atoms with Crippen molar-refractivity contribution in [1.82, 2.24) is 5.32 Å². The van der Waals surface area contributed by atoms with Crippen molar-refractivity contribution in [2.24, 2.45) is 17.8 Å². The molecule has 0 bridgehead atoms. The SMILES string of the molecule is COP(=O)(O)OCCNC(=O)OCC1[C@H]2CCC#CCC[C@@H]12. The maximum Gasteiger partial charge on any atom is 0.471 e. The normalized spacial score (nSPS) is 28.9. The molecule has 22 heavy (non-hydrogen) atoms. The van der Waals surface area contributed by atoms with Crippen LogP contribution in [0.25, 0.3) is 0 Å². The van der Waals surface area contributed by atoms with E-state index in [1.54, 1.807) is 0 Å². The van der Waals surface area contributed by atoms with Crippen molar-refractivity contribution in [1.29, 1.82) is 0 Å². The highest BCUT2D eigenvalue weighted by Crippen LogP contribution is 2.52. The summed E-state index contributed by atoms with van der Waals surface area (Å²) in [6, 6.07) is 0. The Morgan fingerprint density at radius 3 is 2.55 bits per heavy atom. The molecule has 0 aromatic carbocycles. The quantitative estimate of drug-likeness (QED) is 0.420. The molecular weight excluding hydrogens is 309 g/mol. The summed E-state index contributed by atoms with van der Waals surface area (Å²) in [6.07, 6.45) is 3.50. The van der Waals surface area contributed by atoms with Gasteiger partial charge in [0.1, 0.15) is 0 Å². The number of ether oxygens (including phenoxy) is 1. The number of carbonyl (C=O) groups excluding carboxylic acids is 1. The Labute approximate surface area is 130 Å². The fourth-order valence-corrected chi connectivity index (χ4v) is 3.30. The minimum Gasteiger partial charge on any atom is -0.449 e. The van der Waals surface area contributed by atoms with Gasteiger partial charge in [0.2, 0.25) is 0 Å². The molecule has 124 valence electrons. The fourth-order valence-electron chi connectivity index (χ4n) is 2.87. The van der Waals surface area contributed by atoms with E-state index >= 15 is 0 Å². The summed E-state index contributed by atoms with van der Waals surface area (Å²) in [4.78, 5) is 20.5. The summed E-state index contributed by atoms with van der Waals surface area (Å²) in [5, 5.41) is 2.47. The van der Waals surface area contributed by atoms with E-state index in [2.05, 4.69) is 26.2 Å². The number of rotatable bonds is 7. The molecule has 1 saturated carbocycles. The van der Waals surface area contributed by atoms with E-state index in [0.717, 1.165) is 32.8 Å². The number of hydrogen-bond donors (Lipinski definition) is 2. The van der Waals surface area contributed by atoms with Gasteiger partial charge in [-0.2, -0.15) is 0 Å². The molecule has 2 aliphatic rings. The van der Waals surface area contributed by atoms with Crippen LogP contribution in [0.4, 0.5) is 4.79 Å². The predicted octanol–water partition coefficient (Wildman–Crippen LogP) is 1.92. The Morgan fingerprint density at radius 2 is 1.95 bits per heavy atom. The second-order valence-electron chi connectivity index (χ2n) is 5.43. The first-order chi connectivity index (χ1) is 10.5. The maximum absolute atomic E-state index is 11.5. The molecule has 2 aliphatic carbocycles. The van der Waals surface area contributed by atoms with Gasteiger partial charge in [0.05, 0.1) is 13.2 Å². The molecule has 0 heterocycles. The molecule has 0 radical (unpaired) electrons. The molecule has 0 aromatic rings. The van der Waals surface area contributed by atoms with Crippen molar-refractivity contribution in [3.63, 3.8) is 0 Å². The lowest BCUT2D eigenvalue weighted by Crippen LogP contribution is -2.28. The van der Waals surface area contributed by atoms with Gasteiger partial charge in [-0.3, -0.25) is 9.05 Å². The van der Waals surface area contributed by atoms with Crippen LogP contribution >= 0.6 is 7.82 Å². The third kappa shape index (κ3) is 5.29. The molecule has 4 atom stereocenters. The lowest BCUT2D eigenvalue weighted by molar-refractivity contribution is 0.132. The Kier molecular flexibility index (Phi) is 6.27. The lowest BCUT2D eigenvalue weighted by Gasteiger charge is -2.10. The first-order valence-electron chi connectivity index (χ1n) is 7.43. The topological polar surface area (TPSA) is 94.1 Å². The largest absolute Gasteiger partial charge is 0.471 e. The van der Waals surface area contributed by atoms with Crippen molar-refractivity contribution in [3.05, 3.63) is 0 Å². The van der Waals surface area contributed by atoms with Gasteiger partial charge in [0.25, 0.3) is 0 Å². The summed E-state index contributed by atoms with van der Waals surface area (Å²) in [5.41, 5.74) is 0. The predicted molar refractivity (Wildman–Crippen MR) is 78.9 cm³/mol. The fraction of sp³-hybridized carbons (Fsp3) is 0.786. The highest BCUT2D eigenvalue weighted by molar-refractivity contribution is 7.47. The van der Waals surface area contributed by atoms with E-state index in [0.29, 0.717) is 24.4 Å². The molecule has 0 saturated heterocycles. The summed E-state index contributed by atoms with van der Waals surface area (Å²) in [6.45, 7) is 0.374. The number of phosphoric ester groups is 1. The first-order valence-corrected chi connectivity index (χ1v) is 8.92. The van der Waals surface area contributed by atoms with Crippen LogP contribution in [0.2, 0.25) is 0 Å². The van der Waals surface area contributed by atoms with Crippen LogP contribution < -0.4 is 5.32 Å². The van der Waals surface area contributed by atoms with Gasteiger partial charge in [-0.05, 0) is 30.6 Å². The summed E-state index contributed by atoms with van der Waals surface area (Å²) in [5.74, 6) is 7.99. The third-order valence-corrected chi connectivity index (χ3v) is 5.07. The van der Waals surface area contributed by atoms with Gasteiger partial charge in [-0.15, -0.1) is 11.8 Å². The van der Waals surface area contributed by atoms with Gasteiger partial charge in [-0.1, -0.05) is 0 Å². The van der Waals surface area contributed by atoms with Gasteiger partial charge < -0.3 is 14.9 Å². The molecule has 7 nitrogen and oxygen atoms in total. The highest BCUT2D eigenvalue weighted by atomic mass is 31.2. The minimum atomic E-state index is -3.98. The smallest absolute Gasteiger partial charge is 0.449 e. The van der Waals surface area contributed by atoms with Crippen LogP contribution in [0, 0.1) is 29.6 Å². The monoisotopic (exact) mass is 331 g/mol. The van der Waals surface area contributed by atoms with Crippen LogP contribution in [-0.2, 0) is 18.3 Å². The number of nitrogens with one attached hydrogen (secondary N) is 1. The zero-order chi connectivity index (χ0) is 16.0. The Bertz CT molecular complexity index is 481. The summed E-state index contributed by atoms with van der Waals surface area (Å²) >= 11 is 0. The third-order valence-electron chi connectivity index (χ3n) is 4.10. The van der Waals surface area contributed by atoms with E-state index in [4.69, 9.17) is 9.63 Å². The zero-order valence-corrected chi connectivity index (χ0v) is 13.5. The van der Waals surface area contributed by atoms with Crippen LogP contribution in [0.1, 0.15) is 25.7 Å². The molecule has 0 aliphatic heterocycles.